The number of nitrogens with one attached hydrogen (secondary N) is 14. The van der Waals surface area contributed by atoms with Crippen molar-refractivity contribution >= 4 is 93.7 Å². The highest BCUT2D eigenvalue weighted by atomic mass is 32.2. The summed E-state index contributed by atoms with van der Waals surface area (Å²) < 4.78 is 27.9. The number of carbonyl (C=O) groups excluding carboxylic acids is 12. The number of fused-ring (bicyclic) bond motifs is 2. The highest BCUT2D eigenvalue weighted by Crippen LogP contribution is 2.47. The number of H-pyrrole nitrogens is 2. The zero-order chi connectivity index (χ0) is 79.2. The zero-order valence-corrected chi connectivity index (χ0v) is 64.2. The number of amides is 13. The number of carbonyl (C=O) groups is 12. The number of ether oxygens (including phenoxy) is 5. The van der Waals surface area contributed by atoms with Crippen molar-refractivity contribution in [1.82, 2.24) is 78.8 Å². The number of aliphatic hydroxyl groups is 1. The normalized spacial score (nSPS) is 25.9. The van der Waals surface area contributed by atoms with Gasteiger partial charge in [0.05, 0.1) is 109 Å². The van der Waals surface area contributed by atoms with Crippen molar-refractivity contribution in [3.63, 3.8) is 0 Å². The molecule has 6 rings (SSSR count). The number of primary amides is 1. The summed E-state index contributed by atoms with van der Waals surface area (Å²) in [5.74, 6) is -7.13. The summed E-state index contributed by atoms with van der Waals surface area (Å²) in [5.41, 5.74) is 10.2. The van der Waals surface area contributed by atoms with Gasteiger partial charge in [0.25, 0.3) is 0 Å². The molecular formula is C73H115N17O18S. The maximum absolute atomic E-state index is 14.4. The van der Waals surface area contributed by atoms with Gasteiger partial charge < -0.3 is 114 Å². The Hall–Kier alpha value is -8.78. The molecule has 10 atom stereocenters. The first-order valence-electron chi connectivity index (χ1n) is 37.5. The number of benzene rings is 1. The average molecular weight is 1550 g/mol. The molecule has 1 aromatic carbocycles. The largest absolute Gasteiger partial charge is 0.394 e. The number of hydrogen-bond acceptors (Lipinski definition) is 21. The van der Waals surface area contributed by atoms with Crippen molar-refractivity contribution < 1.29 is 86.3 Å². The summed E-state index contributed by atoms with van der Waals surface area (Å²) in [6.07, 6.45) is 15.5. The van der Waals surface area contributed by atoms with Crippen molar-refractivity contribution in [1.29, 1.82) is 0 Å². The molecule has 0 bridgehead atoms. The van der Waals surface area contributed by atoms with Gasteiger partial charge in [-0.05, 0) is 97.6 Å². The standard InChI is InChI=1S/C73H115N17O18S/c1-48-62(96)85-55(41-58(74)92)66(100)88-71(3,68(102)79-28-30-105-32-34-107-36-38-108-37-35-106-33-31-104-29-23-60(94)78-27-26-77-59(93)22-16-15-21-57-73(5)72(4,46-109-57)89-69(103)90-73)25-18-12-10-8-6-7-9-11-17-24-70(2,75)67(101)81-44-61(95)84-54(40-50-43-76-47-82-50)64(98)86-53(63(97)87-56(45-91)65(99)83-48)39-49-42-80-52-20-14-13-19-51(49)52/h8,10,13-14,19-20,42-43,47-48,53-57,80,91H,6-7,9,11-12,15-18,21-41,44-46,75H2,1-5H3,(H2,74,92)(H,76,82)(H,77,93)(H,78,94)(H,79,102)(H,81,101)(H,83,99)(H,84,95)(H,85,96)(H,86,98)(H,87,97)(H,88,100)(H2,89,90,103)/b10-8+/t48-,53-,54-,55-,56-,57+,70?,71?,72+,73-/m0/s1. The number of para-hydroxylation sites is 1. The van der Waals surface area contributed by atoms with Crippen molar-refractivity contribution in [3.8, 4) is 0 Å². The van der Waals surface area contributed by atoms with Crippen LogP contribution in [0, 0.1) is 0 Å². The highest BCUT2D eigenvalue weighted by Gasteiger charge is 2.60. The Kier molecular flexibility index (Phi) is 37.6. The molecule has 0 saturated carbocycles. The molecule has 3 aromatic rings. The molecule has 5 heterocycles. The number of nitrogens with zero attached hydrogens (tertiary/aromatic N) is 1. The van der Waals surface area contributed by atoms with Crippen LogP contribution in [-0.2, 0) is 89.3 Å². The van der Waals surface area contributed by atoms with E-state index in [1.54, 1.807) is 37.4 Å². The number of unbranched alkanes of at least 4 members (excludes halogenated alkanes) is 1. The number of aromatic nitrogens is 3. The van der Waals surface area contributed by atoms with Crippen LogP contribution in [0.1, 0.15) is 142 Å². The Balaban J connectivity index is 0.922. The Labute approximate surface area is 639 Å². The summed E-state index contributed by atoms with van der Waals surface area (Å²) >= 11 is 1.85. The lowest BCUT2D eigenvalue weighted by Gasteiger charge is -2.35. The number of hydrogen-bond donors (Lipinski definition) is 17. The Morgan fingerprint density at radius 2 is 1.23 bits per heavy atom. The predicted octanol–water partition coefficient (Wildman–Crippen LogP) is -0.895. The first-order chi connectivity index (χ1) is 52.1. The van der Waals surface area contributed by atoms with Crippen LogP contribution in [0.3, 0.4) is 0 Å². The van der Waals surface area contributed by atoms with Crippen molar-refractivity contribution in [2.24, 2.45) is 11.5 Å². The summed E-state index contributed by atoms with van der Waals surface area (Å²) in [4.78, 5) is 171. The van der Waals surface area contributed by atoms with Gasteiger partial charge in [0.2, 0.25) is 65.0 Å². The molecule has 35 nitrogen and oxygen atoms in total. The molecule has 2 saturated heterocycles. The van der Waals surface area contributed by atoms with Crippen molar-refractivity contribution in [3.05, 3.63) is 66.4 Å². The maximum atomic E-state index is 14.4. The van der Waals surface area contributed by atoms with E-state index < -0.39 is 114 Å². The molecule has 3 aliphatic heterocycles. The number of urea groups is 1. The van der Waals surface area contributed by atoms with E-state index in [1.807, 2.05) is 23.9 Å². The number of rotatable bonds is 34. The van der Waals surface area contributed by atoms with Gasteiger partial charge in [0.15, 0.2) is 0 Å². The van der Waals surface area contributed by atoms with Gasteiger partial charge in [-0.3, -0.25) is 52.7 Å². The summed E-state index contributed by atoms with van der Waals surface area (Å²) in [6, 6.07) is -0.669. The lowest BCUT2D eigenvalue weighted by molar-refractivity contribution is -0.137. The SMILES string of the molecule is C[C@@H]1NC(=O)[C@H](CO)NC(=O)[C@H](Cc2c[nH]c3ccccc23)NC(=O)[C@H](Cc2cnc[nH]2)NC(=O)CNC(=O)C(C)(N)CCCCCC/C=C/CCCC(C)(C(=O)NCCOCCOCCOCCOCCOCCC(=O)NCCNC(=O)CCCC[C@H]2SC[C@@]3(C)NC(=O)N[C@@]23C)NC(=O)[C@H](CC(N)=O)NC1=O. The first-order valence-corrected chi connectivity index (χ1v) is 38.6. The van der Waals surface area contributed by atoms with Gasteiger partial charge in [-0.25, -0.2) is 9.78 Å². The Morgan fingerprint density at radius 1 is 0.624 bits per heavy atom. The van der Waals surface area contributed by atoms with E-state index in [4.69, 9.17) is 35.2 Å². The van der Waals surface area contributed by atoms with E-state index in [0.29, 0.717) is 93.8 Å². The van der Waals surface area contributed by atoms with Crippen LogP contribution < -0.4 is 75.3 Å². The minimum Gasteiger partial charge on any atom is -0.394 e. The van der Waals surface area contributed by atoms with E-state index in [9.17, 15) is 62.6 Å². The third-order valence-corrected chi connectivity index (χ3v) is 21.2. The summed E-state index contributed by atoms with van der Waals surface area (Å²) in [5, 5.41) is 44.0. The Bertz CT molecular complexity index is 3490. The van der Waals surface area contributed by atoms with Crippen LogP contribution in [0.15, 0.2) is 55.1 Å². The van der Waals surface area contributed by atoms with Gasteiger partial charge in [0, 0.05) is 85.3 Å². The molecule has 2 aromatic heterocycles. The van der Waals surface area contributed by atoms with Crippen LogP contribution >= 0.6 is 11.8 Å². The lowest BCUT2D eigenvalue weighted by atomic mass is 9.79. The van der Waals surface area contributed by atoms with Crippen LogP contribution in [-0.4, -0.2) is 253 Å². The quantitative estimate of drug-likeness (QED) is 0.0196. The molecule has 0 spiro atoms. The minimum absolute atomic E-state index is 0.0257. The van der Waals surface area contributed by atoms with Gasteiger partial charge >= 0.3 is 6.03 Å². The van der Waals surface area contributed by atoms with E-state index in [1.165, 1.54) is 26.4 Å². The fraction of sp³-hybridized carbons (Fsp3) is 0.658. The minimum atomic E-state index is -1.74. The number of aromatic amines is 2. The summed E-state index contributed by atoms with van der Waals surface area (Å²) in [7, 11) is 0. The lowest BCUT2D eigenvalue weighted by Crippen LogP contribution is -2.62. The maximum Gasteiger partial charge on any atom is 0.315 e. The molecule has 2 unspecified atom stereocenters. The smallest absolute Gasteiger partial charge is 0.315 e. The monoisotopic (exact) mass is 1550 g/mol. The molecule has 606 valence electrons. The second-order valence-corrected chi connectivity index (χ2v) is 29.6. The van der Waals surface area contributed by atoms with Gasteiger partial charge in [-0.1, -0.05) is 56.0 Å². The summed E-state index contributed by atoms with van der Waals surface area (Å²) in [6.45, 7) is 10.0. The van der Waals surface area contributed by atoms with Crippen LogP contribution in [0.5, 0.6) is 0 Å². The van der Waals surface area contributed by atoms with E-state index >= 15 is 0 Å². The molecule has 36 heteroatoms. The fourth-order valence-corrected chi connectivity index (χ4v) is 14.5. The molecule has 109 heavy (non-hydrogen) atoms. The van der Waals surface area contributed by atoms with E-state index in [-0.39, 0.29) is 106 Å². The topological polar surface area (TPSA) is 512 Å². The second-order valence-electron chi connectivity index (χ2n) is 28.4. The number of aliphatic hydroxyl groups excluding tert-OH is 1. The Morgan fingerprint density at radius 3 is 1.89 bits per heavy atom. The highest BCUT2D eigenvalue weighted by molar-refractivity contribution is 8.00. The van der Waals surface area contributed by atoms with Gasteiger partial charge in [0.1, 0.15) is 35.7 Å². The second kappa shape index (κ2) is 46.0. The van der Waals surface area contributed by atoms with E-state index in [2.05, 4.69) is 92.6 Å². The number of imidazole rings is 1. The van der Waals surface area contributed by atoms with Gasteiger partial charge in [-0.2, -0.15) is 11.8 Å². The third-order valence-electron chi connectivity index (χ3n) is 19.3. The first kappa shape index (κ1) is 89.1. The molecule has 2 fully saturated rings. The van der Waals surface area contributed by atoms with Crippen molar-refractivity contribution in [2.75, 3.05) is 105 Å². The zero-order valence-electron chi connectivity index (χ0n) is 63.4. The molecule has 3 aliphatic rings. The average Bonchev–Trinajstić information content (AvgIpc) is 1.57. The van der Waals surface area contributed by atoms with Crippen LogP contribution in [0.4, 0.5) is 4.79 Å². The fourth-order valence-electron chi connectivity index (χ4n) is 12.6. The van der Waals surface area contributed by atoms with E-state index in [0.717, 1.165) is 50.7 Å². The predicted molar refractivity (Wildman–Crippen MR) is 404 cm³/mol. The van der Waals surface area contributed by atoms with Crippen LogP contribution in [0.2, 0.25) is 0 Å². The molecular weight excluding hydrogens is 1430 g/mol. The van der Waals surface area contributed by atoms with Gasteiger partial charge in [-0.15, -0.1) is 0 Å². The molecule has 13 amide bonds. The number of allylic oxidation sites excluding steroid dienone is 2. The molecule has 19 N–H and O–H groups in total. The molecule has 0 aliphatic carbocycles. The number of nitrogens with two attached hydrogens (primary N) is 2. The van der Waals surface area contributed by atoms with Crippen LogP contribution in [0.25, 0.3) is 10.9 Å². The third kappa shape index (κ3) is 30.2. The molecule has 0 radical (unpaired) electrons. The van der Waals surface area contributed by atoms with Crippen molar-refractivity contribution in [2.45, 2.75) is 201 Å². The number of thioether (sulfide) groups is 1.